The van der Waals surface area contributed by atoms with Crippen molar-refractivity contribution in [3.63, 3.8) is 0 Å². The second-order valence-electron chi connectivity index (χ2n) is 7.73. The highest BCUT2D eigenvalue weighted by Crippen LogP contribution is 2.46. The number of halogens is 2. The van der Waals surface area contributed by atoms with Gasteiger partial charge >= 0.3 is 0 Å². The predicted octanol–water partition coefficient (Wildman–Crippen LogP) is 5.65. The number of pyridine rings is 1. The molecule has 5 rings (SSSR count). The van der Waals surface area contributed by atoms with E-state index in [1.807, 2.05) is 43.3 Å². The van der Waals surface area contributed by atoms with Gasteiger partial charge in [-0.15, -0.1) is 0 Å². The summed E-state index contributed by atoms with van der Waals surface area (Å²) in [6, 6.07) is 14.5. The van der Waals surface area contributed by atoms with Crippen LogP contribution < -0.4 is 0 Å². The van der Waals surface area contributed by atoms with Gasteiger partial charge < -0.3 is 10.0 Å². The third-order valence-corrected chi connectivity index (χ3v) is 6.59. The topological polar surface area (TPSA) is 82.1 Å². The van der Waals surface area contributed by atoms with E-state index in [9.17, 15) is 9.90 Å². The third kappa shape index (κ3) is 3.47. The van der Waals surface area contributed by atoms with Crippen LogP contribution in [0, 0.1) is 6.92 Å². The largest absolute Gasteiger partial charge is 0.507 e. The Hall–Kier alpha value is -3.16. The molecule has 0 radical (unpaired) electrons. The Morgan fingerprint density at radius 3 is 2.72 bits per heavy atom. The molecule has 4 aromatic rings. The Morgan fingerprint density at radius 2 is 2.00 bits per heavy atom. The molecule has 6 nitrogen and oxygen atoms in total. The molecule has 1 amide bonds. The molecule has 8 heteroatoms. The van der Waals surface area contributed by atoms with Crippen molar-refractivity contribution >= 4 is 33.4 Å². The monoisotopic (exact) mass is 508 g/mol. The van der Waals surface area contributed by atoms with Gasteiger partial charge in [0.1, 0.15) is 17.1 Å². The van der Waals surface area contributed by atoms with E-state index in [1.165, 1.54) is 0 Å². The number of H-pyrrole nitrogens is 1. The van der Waals surface area contributed by atoms with Crippen LogP contribution in [0.5, 0.6) is 5.75 Å². The fraction of sp³-hybridized carbons (Fsp3) is 0.125. The lowest BCUT2D eigenvalue weighted by molar-refractivity contribution is 0.0730. The van der Waals surface area contributed by atoms with E-state index in [0.717, 1.165) is 26.7 Å². The first-order chi connectivity index (χ1) is 15.4. The summed E-state index contributed by atoms with van der Waals surface area (Å²) in [5.74, 6) is -0.0952. The van der Waals surface area contributed by atoms with Crippen molar-refractivity contribution < 1.29 is 9.90 Å². The zero-order chi connectivity index (χ0) is 22.4. The summed E-state index contributed by atoms with van der Waals surface area (Å²) in [6.07, 6.45) is 3.46. The molecule has 32 heavy (non-hydrogen) atoms. The van der Waals surface area contributed by atoms with Crippen LogP contribution in [-0.4, -0.2) is 31.1 Å². The molecule has 0 fully saturated rings. The molecule has 2 N–H and O–H groups in total. The number of hydrogen-bond donors (Lipinski definition) is 2. The summed E-state index contributed by atoms with van der Waals surface area (Å²) in [5, 5.41) is 18.5. The lowest BCUT2D eigenvalue weighted by atomic mass is 9.95. The average molecular weight is 510 g/mol. The molecule has 2 aromatic heterocycles. The first-order valence-electron chi connectivity index (χ1n) is 9.97. The fourth-order valence-corrected chi connectivity index (χ4v) is 4.53. The normalized spacial score (nSPS) is 15.3. The number of aromatic hydroxyl groups is 1. The van der Waals surface area contributed by atoms with Crippen molar-refractivity contribution in [1.29, 1.82) is 0 Å². The van der Waals surface area contributed by atoms with Gasteiger partial charge in [0.2, 0.25) is 0 Å². The maximum absolute atomic E-state index is 13.4. The number of amides is 1. The second-order valence-corrected chi connectivity index (χ2v) is 9.05. The summed E-state index contributed by atoms with van der Waals surface area (Å²) in [4.78, 5) is 19.4. The highest BCUT2D eigenvalue weighted by atomic mass is 79.9. The number of phenolic OH excluding ortho intramolecular Hbond substituents is 1. The predicted molar refractivity (Wildman–Crippen MR) is 126 cm³/mol. The van der Waals surface area contributed by atoms with E-state index in [2.05, 4.69) is 31.1 Å². The molecule has 160 valence electrons. The second kappa shape index (κ2) is 8.07. The number of carbonyl (C=O) groups excluding carboxylic acids is 1. The Bertz CT molecular complexity index is 1320. The molecule has 0 saturated carbocycles. The Balaban J connectivity index is 1.68. The molecule has 0 aliphatic carbocycles. The van der Waals surface area contributed by atoms with Crippen molar-refractivity contribution in [1.82, 2.24) is 20.1 Å². The van der Waals surface area contributed by atoms with Gasteiger partial charge in [-0.05, 0) is 53.9 Å². The number of fused-ring (bicyclic) bond motifs is 1. The number of hydrogen-bond acceptors (Lipinski definition) is 4. The number of phenols is 1. The molecule has 0 spiro atoms. The van der Waals surface area contributed by atoms with Crippen molar-refractivity contribution in [2.45, 2.75) is 19.5 Å². The molecule has 1 aliphatic rings. The van der Waals surface area contributed by atoms with Crippen LogP contribution in [0.4, 0.5) is 0 Å². The minimum Gasteiger partial charge on any atom is -0.507 e. The summed E-state index contributed by atoms with van der Waals surface area (Å²) in [7, 11) is 0. The minimum atomic E-state index is -0.390. The molecule has 1 atom stereocenters. The molecule has 0 saturated heterocycles. The van der Waals surface area contributed by atoms with Crippen LogP contribution in [0.1, 0.15) is 38.8 Å². The molecular formula is C24H18BrClN4O2. The quantitative estimate of drug-likeness (QED) is 0.373. The molecular weight excluding hydrogens is 492 g/mol. The van der Waals surface area contributed by atoms with Gasteiger partial charge in [-0.2, -0.15) is 5.10 Å². The van der Waals surface area contributed by atoms with Crippen molar-refractivity contribution in [3.05, 3.63) is 98.4 Å². The highest BCUT2D eigenvalue weighted by Gasteiger charge is 2.42. The molecule has 1 aliphatic heterocycles. The zero-order valence-corrected chi connectivity index (χ0v) is 19.4. The van der Waals surface area contributed by atoms with Gasteiger partial charge in [0.15, 0.2) is 0 Å². The van der Waals surface area contributed by atoms with Crippen LogP contribution >= 0.6 is 27.5 Å². The van der Waals surface area contributed by atoms with E-state index in [1.54, 1.807) is 29.4 Å². The fourth-order valence-electron chi connectivity index (χ4n) is 4.10. The van der Waals surface area contributed by atoms with Gasteiger partial charge in [0.05, 0.1) is 6.04 Å². The number of aromatic amines is 1. The summed E-state index contributed by atoms with van der Waals surface area (Å²) >= 11 is 9.83. The van der Waals surface area contributed by atoms with Crippen LogP contribution in [-0.2, 0) is 6.54 Å². The molecule has 0 bridgehead atoms. The van der Waals surface area contributed by atoms with E-state index >= 15 is 0 Å². The van der Waals surface area contributed by atoms with Crippen molar-refractivity contribution in [2.75, 3.05) is 0 Å². The lowest BCUT2D eigenvalue weighted by Crippen LogP contribution is -2.29. The van der Waals surface area contributed by atoms with Gasteiger partial charge in [-0.25, -0.2) is 0 Å². The molecule has 2 aromatic carbocycles. The minimum absolute atomic E-state index is 0.0638. The van der Waals surface area contributed by atoms with Gasteiger partial charge in [0.25, 0.3) is 5.91 Å². The standard InChI is InChI=1S/C24H18BrClN4O2/c1-13-9-19(31)17(10-18(13)26)21-20-22(29-28-21)24(32)30(12-14-3-2-8-27-11-14)23(20)15-4-6-16(25)7-5-15/h2-11,23,31H,12H2,1H3,(H,28,29). The smallest absolute Gasteiger partial charge is 0.273 e. The van der Waals surface area contributed by atoms with Gasteiger partial charge in [-0.3, -0.25) is 14.9 Å². The summed E-state index contributed by atoms with van der Waals surface area (Å²) in [5.41, 5.74) is 4.74. The maximum atomic E-state index is 13.4. The number of nitrogens with one attached hydrogen (secondary N) is 1. The number of aryl methyl sites for hydroxylation is 1. The molecule has 1 unspecified atom stereocenters. The number of nitrogens with zero attached hydrogens (tertiary/aromatic N) is 3. The number of aromatic nitrogens is 3. The third-order valence-electron chi connectivity index (χ3n) is 5.66. The zero-order valence-electron chi connectivity index (χ0n) is 17.0. The van der Waals surface area contributed by atoms with Crippen LogP contribution in [0.3, 0.4) is 0 Å². The summed E-state index contributed by atoms with van der Waals surface area (Å²) < 4.78 is 0.944. The van der Waals surface area contributed by atoms with E-state index < -0.39 is 0 Å². The van der Waals surface area contributed by atoms with Crippen molar-refractivity contribution in [2.24, 2.45) is 0 Å². The highest BCUT2D eigenvalue weighted by molar-refractivity contribution is 9.10. The lowest BCUT2D eigenvalue weighted by Gasteiger charge is -2.26. The van der Waals surface area contributed by atoms with E-state index in [-0.39, 0.29) is 17.7 Å². The van der Waals surface area contributed by atoms with Crippen molar-refractivity contribution in [3.8, 4) is 17.0 Å². The first-order valence-corrected chi connectivity index (χ1v) is 11.1. The summed E-state index contributed by atoms with van der Waals surface area (Å²) in [6.45, 7) is 2.21. The average Bonchev–Trinajstić information content (AvgIpc) is 3.32. The Labute approximate surface area is 198 Å². The Morgan fingerprint density at radius 1 is 1.22 bits per heavy atom. The number of benzene rings is 2. The van der Waals surface area contributed by atoms with E-state index in [0.29, 0.717) is 28.5 Å². The molecule has 3 heterocycles. The number of rotatable bonds is 4. The van der Waals surface area contributed by atoms with Crippen LogP contribution in [0.15, 0.2) is 65.4 Å². The van der Waals surface area contributed by atoms with Crippen LogP contribution in [0.25, 0.3) is 11.3 Å². The van der Waals surface area contributed by atoms with Crippen LogP contribution in [0.2, 0.25) is 5.02 Å². The van der Waals surface area contributed by atoms with Gasteiger partial charge in [0, 0.05) is 39.6 Å². The first kappa shape index (κ1) is 20.7. The SMILES string of the molecule is Cc1cc(O)c(-c2n[nH]c3c2C(c2ccc(Br)cc2)N(Cc2cccnc2)C3=O)cc1Cl. The Kier molecular flexibility index (Phi) is 5.23. The maximum Gasteiger partial charge on any atom is 0.273 e. The number of carbonyl (C=O) groups is 1. The van der Waals surface area contributed by atoms with E-state index in [4.69, 9.17) is 11.6 Å². The van der Waals surface area contributed by atoms with Gasteiger partial charge in [-0.1, -0.05) is 45.7 Å².